The van der Waals surface area contributed by atoms with Gasteiger partial charge in [0.2, 0.25) is 0 Å². The summed E-state index contributed by atoms with van der Waals surface area (Å²) in [5, 5.41) is 28.5. The number of hydrogen-bond donors (Lipinski definition) is 4. The van der Waals surface area contributed by atoms with Gasteiger partial charge in [-0.15, -0.1) is 0 Å². The number of aliphatic hydroxyl groups is 2. The van der Waals surface area contributed by atoms with Gasteiger partial charge in [-0.1, -0.05) is 18.2 Å². The topological polar surface area (TPSA) is 89.8 Å². The zero-order chi connectivity index (χ0) is 10.6. The zero-order valence-electron chi connectivity index (χ0n) is 7.40. The number of carbonyl (C=O) groups is 1. The van der Waals surface area contributed by atoms with Crippen molar-refractivity contribution in [2.45, 2.75) is 13.2 Å². The molecule has 1 aromatic carbocycles. The van der Waals surface area contributed by atoms with Crippen LogP contribution in [0.15, 0.2) is 18.2 Å². The second kappa shape index (κ2) is 4.59. The smallest absolute Gasteiger partial charge is 0.409 e. The van der Waals surface area contributed by atoms with Crippen molar-refractivity contribution in [3.8, 4) is 0 Å². The third-order valence-corrected chi connectivity index (χ3v) is 1.81. The molecule has 4 N–H and O–H groups in total. The number of carboxylic acid groups (broad SMARTS) is 1. The molecule has 0 saturated carbocycles. The van der Waals surface area contributed by atoms with E-state index in [1.54, 1.807) is 18.2 Å². The lowest BCUT2D eigenvalue weighted by molar-refractivity contribution is 0.209. The molecule has 0 fully saturated rings. The van der Waals surface area contributed by atoms with E-state index in [0.717, 1.165) is 0 Å². The summed E-state index contributed by atoms with van der Waals surface area (Å²) in [6, 6.07) is 4.82. The van der Waals surface area contributed by atoms with E-state index in [2.05, 4.69) is 5.32 Å². The number of anilines is 1. The molecule has 1 rings (SSSR count). The van der Waals surface area contributed by atoms with Gasteiger partial charge in [0.1, 0.15) is 0 Å². The van der Waals surface area contributed by atoms with E-state index in [0.29, 0.717) is 11.1 Å². The molecule has 0 radical (unpaired) electrons. The van der Waals surface area contributed by atoms with E-state index in [4.69, 9.17) is 15.3 Å². The molecule has 5 nitrogen and oxygen atoms in total. The van der Waals surface area contributed by atoms with Crippen LogP contribution in [0.25, 0.3) is 0 Å². The summed E-state index contributed by atoms with van der Waals surface area (Å²) in [6.45, 7) is -0.549. The van der Waals surface area contributed by atoms with Crippen molar-refractivity contribution < 1.29 is 20.1 Å². The number of rotatable bonds is 3. The second-order valence-electron chi connectivity index (χ2n) is 2.70. The Kier molecular flexibility index (Phi) is 3.44. The first-order chi connectivity index (χ1) is 6.69. The molecule has 14 heavy (non-hydrogen) atoms. The Bertz CT molecular complexity index is 315. The number of nitrogens with one attached hydrogen (secondary N) is 1. The summed E-state index contributed by atoms with van der Waals surface area (Å²) < 4.78 is 0. The monoisotopic (exact) mass is 197 g/mol. The molecule has 1 amide bonds. The van der Waals surface area contributed by atoms with E-state index in [1.165, 1.54) is 0 Å². The van der Waals surface area contributed by atoms with Crippen molar-refractivity contribution >= 4 is 11.8 Å². The van der Waals surface area contributed by atoms with Gasteiger partial charge < -0.3 is 15.3 Å². The Morgan fingerprint density at radius 3 is 2.07 bits per heavy atom. The summed E-state index contributed by atoms with van der Waals surface area (Å²) in [5.41, 5.74) is 1.14. The fourth-order valence-electron chi connectivity index (χ4n) is 1.18. The molecule has 1 aromatic rings. The van der Waals surface area contributed by atoms with Gasteiger partial charge in [-0.3, -0.25) is 5.32 Å². The van der Waals surface area contributed by atoms with E-state index in [9.17, 15) is 4.79 Å². The van der Waals surface area contributed by atoms with Gasteiger partial charge in [-0.2, -0.15) is 0 Å². The molecule has 0 atom stereocenters. The Labute approximate surface area is 80.6 Å². The number of para-hydroxylation sites is 1. The second-order valence-corrected chi connectivity index (χ2v) is 2.70. The lowest BCUT2D eigenvalue weighted by Crippen LogP contribution is -2.11. The van der Waals surface area contributed by atoms with E-state index in [-0.39, 0.29) is 18.9 Å². The SMILES string of the molecule is O=C(O)Nc1c(CO)cccc1CO. The van der Waals surface area contributed by atoms with E-state index < -0.39 is 6.09 Å². The highest BCUT2D eigenvalue weighted by atomic mass is 16.4. The van der Waals surface area contributed by atoms with Gasteiger partial charge in [0.25, 0.3) is 0 Å². The molecule has 0 saturated heterocycles. The normalized spacial score (nSPS) is 9.86. The lowest BCUT2D eigenvalue weighted by atomic mass is 10.1. The third kappa shape index (κ3) is 2.21. The summed E-state index contributed by atoms with van der Waals surface area (Å²) >= 11 is 0. The first kappa shape index (κ1) is 10.5. The Hall–Kier alpha value is -1.59. The molecular formula is C9H11NO4. The summed E-state index contributed by atoms with van der Waals surface area (Å²) in [5.74, 6) is 0. The average molecular weight is 197 g/mol. The molecular weight excluding hydrogens is 186 g/mol. The predicted molar refractivity (Wildman–Crippen MR) is 49.9 cm³/mol. The van der Waals surface area contributed by atoms with Crippen LogP contribution in [-0.2, 0) is 13.2 Å². The summed E-state index contributed by atoms with van der Waals surface area (Å²) in [4.78, 5) is 10.4. The van der Waals surface area contributed by atoms with Gasteiger partial charge in [0.15, 0.2) is 0 Å². The van der Waals surface area contributed by atoms with Crippen molar-refractivity contribution in [3.63, 3.8) is 0 Å². The van der Waals surface area contributed by atoms with Crippen molar-refractivity contribution in [2.75, 3.05) is 5.32 Å². The maximum atomic E-state index is 10.4. The van der Waals surface area contributed by atoms with Crippen LogP contribution in [0.3, 0.4) is 0 Å². The van der Waals surface area contributed by atoms with Crippen LogP contribution in [0.5, 0.6) is 0 Å². The van der Waals surface area contributed by atoms with Crippen LogP contribution in [-0.4, -0.2) is 21.4 Å². The molecule has 0 aromatic heterocycles. The van der Waals surface area contributed by atoms with Crippen molar-refractivity contribution in [1.29, 1.82) is 0 Å². The minimum absolute atomic E-state index is 0.255. The maximum absolute atomic E-state index is 10.4. The predicted octanol–water partition coefficient (Wildman–Crippen LogP) is 0.761. The molecule has 0 aliphatic rings. The summed E-state index contributed by atoms with van der Waals surface area (Å²) in [6.07, 6.45) is -1.22. The zero-order valence-corrected chi connectivity index (χ0v) is 7.40. The minimum atomic E-state index is -1.22. The molecule has 0 heterocycles. The largest absolute Gasteiger partial charge is 0.465 e. The average Bonchev–Trinajstić information content (AvgIpc) is 2.17. The van der Waals surface area contributed by atoms with Gasteiger partial charge in [0.05, 0.1) is 18.9 Å². The van der Waals surface area contributed by atoms with E-state index >= 15 is 0 Å². The van der Waals surface area contributed by atoms with Crippen LogP contribution < -0.4 is 5.32 Å². The Morgan fingerprint density at radius 1 is 1.21 bits per heavy atom. The van der Waals surface area contributed by atoms with Crippen molar-refractivity contribution in [1.82, 2.24) is 0 Å². The fourth-order valence-corrected chi connectivity index (χ4v) is 1.18. The quantitative estimate of drug-likeness (QED) is 0.576. The number of hydrogen-bond acceptors (Lipinski definition) is 3. The molecule has 76 valence electrons. The van der Waals surface area contributed by atoms with Crippen molar-refractivity contribution in [2.24, 2.45) is 0 Å². The highest BCUT2D eigenvalue weighted by Gasteiger charge is 2.09. The van der Waals surface area contributed by atoms with Crippen molar-refractivity contribution in [3.05, 3.63) is 29.3 Å². The Balaban J connectivity index is 3.12. The van der Waals surface area contributed by atoms with Gasteiger partial charge in [-0.25, -0.2) is 4.79 Å². The van der Waals surface area contributed by atoms with Crippen LogP contribution >= 0.6 is 0 Å². The molecule has 0 aliphatic carbocycles. The molecule has 5 heteroatoms. The summed E-state index contributed by atoms with van der Waals surface area (Å²) in [7, 11) is 0. The van der Waals surface area contributed by atoms with Gasteiger partial charge >= 0.3 is 6.09 Å². The minimum Gasteiger partial charge on any atom is -0.465 e. The maximum Gasteiger partial charge on any atom is 0.409 e. The van der Waals surface area contributed by atoms with Gasteiger partial charge in [0, 0.05) is 11.1 Å². The van der Waals surface area contributed by atoms with Crippen LogP contribution in [0.4, 0.5) is 10.5 Å². The lowest BCUT2D eigenvalue weighted by Gasteiger charge is -2.10. The Morgan fingerprint density at radius 2 is 1.71 bits per heavy atom. The standard InChI is InChI=1S/C9H11NO4/c11-4-6-2-1-3-7(5-12)8(6)10-9(13)14/h1-3,10-12H,4-5H2,(H,13,14). The van der Waals surface area contributed by atoms with Crippen LogP contribution in [0, 0.1) is 0 Å². The van der Waals surface area contributed by atoms with Crippen LogP contribution in [0.2, 0.25) is 0 Å². The number of aliphatic hydroxyl groups excluding tert-OH is 2. The molecule has 0 bridgehead atoms. The first-order valence-corrected chi connectivity index (χ1v) is 4.01. The highest BCUT2D eigenvalue weighted by Crippen LogP contribution is 2.21. The third-order valence-electron chi connectivity index (χ3n) is 1.81. The highest BCUT2D eigenvalue weighted by molar-refractivity contribution is 5.85. The number of benzene rings is 1. The number of amides is 1. The van der Waals surface area contributed by atoms with E-state index in [1.807, 2.05) is 0 Å². The molecule has 0 spiro atoms. The fraction of sp³-hybridized carbons (Fsp3) is 0.222. The first-order valence-electron chi connectivity index (χ1n) is 4.01. The van der Waals surface area contributed by atoms with Gasteiger partial charge in [-0.05, 0) is 0 Å². The molecule has 0 unspecified atom stereocenters. The molecule has 0 aliphatic heterocycles. The van der Waals surface area contributed by atoms with Crippen LogP contribution in [0.1, 0.15) is 11.1 Å².